The summed E-state index contributed by atoms with van der Waals surface area (Å²) in [6.45, 7) is 0.428. The lowest BCUT2D eigenvalue weighted by Crippen LogP contribution is -2.13. The van der Waals surface area contributed by atoms with Gasteiger partial charge in [-0.25, -0.2) is 4.79 Å². The lowest BCUT2D eigenvalue weighted by Gasteiger charge is -2.08. The van der Waals surface area contributed by atoms with E-state index in [0.717, 1.165) is 0 Å². The number of methoxy groups -OCH3 is 1. The molecule has 0 aromatic heterocycles. The Balaban J connectivity index is 1.75. The molecule has 0 saturated carbocycles. The van der Waals surface area contributed by atoms with Gasteiger partial charge in [0.05, 0.1) is 19.3 Å². The number of halogens is 1. The van der Waals surface area contributed by atoms with Gasteiger partial charge in [0, 0.05) is 17.1 Å². The van der Waals surface area contributed by atoms with Crippen molar-refractivity contribution in [2.24, 2.45) is 0 Å². The van der Waals surface area contributed by atoms with Crippen LogP contribution in [0.15, 0.2) is 48.5 Å². The Morgan fingerprint density at radius 1 is 1.12 bits per heavy atom. The maximum Gasteiger partial charge on any atom is 0.337 e. The van der Waals surface area contributed by atoms with Gasteiger partial charge >= 0.3 is 5.97 Å². The van der Waals surface area contributed by atoms with Gasteiger partial charge in [0.2, 0.25) is 5.91 Å². The monoisotopic (exact) mass is 347 g/mol. The van der Waals surface area contributed by atoms with Gasteiger partial charge in [-0.05, 0) is 48.9 Å². The number of nitrogens with one attached hydrogen (secondary N) is 1. The minimum Gasteiger partial charge on any atom is -0.494 e. The van der Waals surface area contributed by atoms with E-state index in [4.69, 9.17) is 16.3 Å². The Morgan fingerprint density at radius 2 is 1.88 bits per heavy atom. The average molecular weight is 348 g/mol. The fourth-order valence-electron chi connectivity index (χ4n) is 2.02. The minimum atomic E-state index is -0.442. The molecule has 126 valence electrons. The summed E-state index contributed by atoms with van der Waals surface area (Å²) >= 11 is 5.79. The van der Waals surface area contributed by atoms with Gasteiger partial charge in [-0.3, -0.25) is 4.79 Å². The summed E-state index contributed by atoms with van der Waals surface area (Å²) in [4.78, 5) is 23.4. The second-order valence-corrected chi connectivity index (χ2v) is 5.46. The van der Waals surface area contributed by atoms with E-state index < -0.39 is 5.97 Å². The number of carbonyl (C=O) groups is 2. The number of rotatable bonds is 7. The second-order valence-electron chi connectivity index (χ2n) is 5.03. The van der Waals surface area contributed by atoms with Crippen LogP contribution in [0.1, 0.15) is 23.2 Å². The molecule has 0 spiro atoms. The summed E-state index contributed by atoms with van der Waals surface area (Å²) in [7, 11) is 1.31. The molecule has 2 rings (SSSR count). The highest BCUT2D eigenvalue weighted by Crippen LogP contribution is 2.16. The van der Waals surface area contributed by atoms with Crippen LogP contribution in [0.2, 0.25) is 5.02 Å². The van der Waals surface area contributed by atoms with Crippen molar-refractivity contribution in [3.05, 3.63) is 59.1 Å². The zero-order chi connectivity index (χ0) is 17.4. The number of hydrogen-bond acceptors (Lipinski definition) is 4. The molecule has 24 heavy (non-hydrogen) atoms. The Kier molecular flexibility index (Phi) is 6.63. The topological polar surface area (TPSA) is 64.6 Å². The van der Waals surface area contributed by atoms with E-state index in [1.165, 1.54) is 7.11 Å². The van der Waals surface area contributed by atoms with Gasteiger partial charge < -0.3 is 14.8 Å². The minimum absolute atomic E-state index is 0.142. The van der Waals surface area contributed by atoms with Crippen molar-refractivity contribution < 1.29 is 19.1 Å². The molecule has 1 amide bonds. The number of amides is 1. The largest absolute Gasteiger partial charge is 0.494 e. The van der Waals surface area contributed by atoms with E-state index in [-0.39, 0.29) is 5.91 Å². The molecule has 0 aliphatic carbocycles. The van der Waals surface area contributed by atoms with Gasteiger partial charge in [-0.1, -0.05) is 17.7 Å². The summed E-state index contributed by atoms with van der Waals surface area (Å²) in [6.07, 6.45) is 0.890. The Labute approximate surface area is 145 Å². The van der Waals surface area contributed by atoms with Crippen LogP contribution in [-0.2, 0) is 9.53 Å². The fourth-order valence-corrected chi connectivity index (χ4v) is 2.14. The van der Waals surface area contributed by atoms with Crippen LogP contribution in [0.5, 0.6) is 5.75 Å². The molecule has 0 heterocycles. The maximum atomic E-state index is 11.9. The normalized spacial score (nSPS) is 10.1. The number of benzene rings is 2. The third kappa shape index (κ3) is 5.59. The predicted octanol–water partition coefficient (Wildman–Crippen LogP) is 3.92. The van der Waals surface area contributed by atoms with Crippen LogP contribution >= 0.6 is 11.6 Å². The molecule has 0 saturated heterocycles. The summed E-state index contributed by atoms with van der Waals surface area (Å²) in [5.74, 6) is 0.129. The van der Waals surface area contributed by atoms with Crippen molar-refractivity contribution in [3.63, 3.8) is 0 Å². The standard InChI is InChI=1S/C18H18ClNO4/c1-23-18(22)13-4-2-5-15(12-13)20-17(21)6-3-11-24-16-9-7-14(19)8-10-16/h2,4-5,7-10,12H,3,6,11H2,1H3,(H,20,21). The number of esters is 1. The van der Waals surface area contributed by atoms with Crippen molar-refractivity contribution in [3.8, 4) is 5.75 Å². The molecule has 2 aromatic carbocycles. The molecule has 6 heteroatoms. The Bertz CT molecular complexity index is 700. The smallest absolute Gasteiger partial charge is 0.337 e. The Morgan fingerprint density at radius 3 is 2.58 bits per heavy atom. The lowest BCUT2D eigenvalue weighted by molar-refractivity contribution is -0.116. The molecule has 1 N–H and O–H groups in total. The lowest BCUT2D eigenvalue weighted by atomic mass is 10.2. The highest BCUT2D eigenvalue weighted by molar-refractivity contribution is 6.30. The van der Waals surface area contributed by atoms with Crippen molar-refractivity contribution in [2.45, 2.75) is 12.8 Å². The molecule has 2 aromatic rings. The SMILES string of the molecule is COC(=O)c1cccc(NC(=O)CCCOc2ccc(Cl)cc2)c1. The molecule has 0 aliphatic heterocycles. The zero-order valence-corrected chi connectivity index (χ0v) is 14.0. The van der Waals surface area contributed by atoms with Crippen LogP contribution in [0.25, 0.3) is 0 Å². The van der Waals surface area contributed by atoms with Crippen molar-refractivity contribution >= 4 is 29.2 Å². The molecule has 0 atom stereocenters. The van der Waals surface area contributed by atoms with Crippen LogP contribution in [0, 0.1) is 0 Å². The highest BCUT2D eigenvalue weighted by atomic mass is 35.5. The van der Waals surface area contributed by atoms with E-state index >= 15 is 0 Å². The van der Waals surface area contributed by atoms with Crippen molar-refractivity contribution in [1.82, 2.24) is 0 Å². The second kappa shape index (κ2) is 8.93. The third-order valence-electron chi connectivity index (χ3n) is 3.20. The fraction of sp³-hybridized carbons (Fsp3) is 0.222. The first-order valence-corrected chi connectivity index (χ1v) is 7.83. The Hall–Kier alpha value is -2.53. The van der Waals surface area contributed by atoms with Crippen molar-refractivity contribution in [2.75, 3.05) is 19.0 Å². The number of anilines is 1. The molecule has 5 nitrogen and oxygen atoms in total. The molecule has 0 radical (unpaired) electrons. The maximum absolute atomic E-state index is 11.9. The van der Waals surface area contributed by atoms with Crippen LogP contribution < -0.4 is 10.1 Å². The third-order valence-corrected chi connectivity index (χ3v) is 3.45. The number of carbonyl (C=O) groups excluding carboxylic acids is 2. The summed E-state index contributed by atoms with van der Waals surface area (Å²) < 4.78 is 10.2. The average Bonchev–Trinajstić information content (AvgIpc) is 2.60. The zero-order valence-electron chi connectivity index (χ0n) is 13.3. The quantitative estimate of drug-likeness (QED) is 0.609. The number of hydrogen-bond donors (Lipinski definition) is 1. The molecular weight excluding hydrogens is 330 g/mol. The highest BCUT2D eigenvalue weighted by Gasteiger charge is 2.07. The molecule has 0 fully saturated rings. The first-order chi connectivity index (χ1) is 11.6. The van der Waals surface area contributed by atoms with Gasteiger partial charge in [0.15, 0.2) is 0 Å². The molecule has 0 unspecified atom stereocenters. The van der Waals surface area contributed by atoms with Crippen molar-refractivity contribution in [1.29, 1.82) is 0 Å². The van der Waals surface area contributed by atoms with Gasteiger partial charge in [-0.2, -0.15) is 0 Å². The first kappa shape index (κ1) is 17.8. The molecular formula is C18H18ClNO4. The van der Waals surface area contributed by atoms with E-state index in [9.17, 15) is 9.59 Å². The summed E-state index contributed by atoms with van der Waals surface area (Å²) in [5, 5.41) is 3.40. The van der Waals surface area contributed by atoms with E-state index in [2.05, 4.69) is 10.1 Å². The van der Waals surface area contributed by atoms with Crippen LogP contribution in [0.4, 0.5) is 5.69 Å². The summed E-state index contributed by atoms with van der Waals surface area (Å²) in [6, 6.07) is 13.7. The van der Waals surface area contributed by atoms with Gasteiger partial charge in [0.25, 0.3) is 0 Å². The van der Waals surface area contributed by atoms with E-state index in [1.54, 1.807) is 48.5 Å². The molecule has 0 aliphatic rings. The van der Waals surface area contributed by atoms with Crippen LogP contribution in [0.3, 0.4) is 0 Å². The van der Waals surface area contributed by atoms with Crippen LogP contribution in [-0.4, -0.2) is 25.6 Å². The molecule has 0 bridgehead atoms. The number of ether oxygens (including phenoxy) is 2. The van der Waals surface area contributed by atoms with E-state index in [1.807, 2.05) is 0 Å². The first-order valence-electron chi connectivity index (χ1n) is 7.45. The van der Waals surface area contributed by atoms with E-state index in [0.29, 0.717) is 41.5 Å². The van der Waals surface area contributed by atoms with Gasteiger partial charge in [0.1, 0.15) is 5.75 Å². The summed E-state index contributed by atoms with van der Waals surface area (Å²) in [5.41, 5.74) is 0.947. The van der Waals surface area contributed by atoms with Gasteiger partial charge in [-0.15, -0.1) is 0 Å². The predicted molar refractivity (Wildman–Crippen MR) is 92.6 cm³/mol.